The molecular weight excluding hydrogens is 612 g/mol. The maximum atomic E-state index is 13.9. The molecule has 0 unspecified atom stereocenters. The summed E-state index contributed by atoms with van der Waals surface area (Å²) < 4.78 is 19.7. The van der Waals surface area contributed by atoms with E-state index in [0.717, 1.165) is 4.47 Å². The number of furan rings is 1. The molecule has 5 rings (SSSR count). The number of allylic oxidation sites excluding steroid dienone is 1. The average Bonchev–Trinajstić information content (AvgIpc) is 3.51. The standard InChI is InChI=1S/C30H25BrN2O7S/c1-15(2)39-29(37)25-16(3)32-30-33(26(25)21-13-19(31)9-11-23(21)38-4)27(34)24(41-30)14-20-10-12-22(40-20)17-5-7-18(8-6-17)28(35)36/h5-15,26H,1-4H3,(H,35,36)/b24-14-/t26-/m0/s1. The minimum atomic E-state index is -1.01. The van der Waals surface area contributed by atoms with Crippen LogP contribution in [-0.4, -0.2) is 34.8 Å². The minimum Gasteiger partial charge on any atom is -0.496 e. The molecule has 210 valence electrons. The van der Waals surface area contributed by atoms with Gasteiger partial charge in [-0.25, -0.2) is 14.6 Å². The molecule has 1 aliphatic heterocycles. The third-order valence-corrected chi connectivity index (χ3v) is 7.86. The van der Waals surface area contributed by atoms with Crippen molar-refractivity contribution in [2.75, 3.05) is 7.11 Å². The number of carbonyl (C=O) groups is 2. The van der Waals surface area contributed by atoms with Gasteiger partial charge in [-0.1, -0.05) is 39.4 Å². The van der Waals surface area contributed by atoms with E-state index >= 15 is 0 Å². The molecule has 0 aliphatic carbocycles. The van der Waals surface area contributed by atoms with Gasteiger partial charge in [-0.15, -0.1) is 0 Å². The third kappa shape index (κ3) is 5.55. The van der Waals surface area contributed by atoms with Gasteiger partial charge in [0.25, 0.3) is 5.56 Å². The number of aromatic carboxylic acids is 1. The number of hydrogen-bond donors (Lipinski definition) is 1. The number of fused-ring (bicyclic) bond motifs is 1. The Labute approximate surface area is 246 Å². The molecule has 9 nitrogen and oxygen atoms in total. The predicted octanol–water partition coefficient (Wildman–Crippen LogP) is 4.92. The Bertz CT molecular complexity index is 1880. The van der Waals surface area contributed by atoms with Gasteiger partial charge in [0.1, 0.15) is 23.3 Å². The molecule has 0 bridgehead atoms. The Morgan fingerprint density at radius 1 is 1.15 bits per heavy atom. The minimum absolute atomic E-state index is 0.171. The van der Waals surface area contributed by atoms with Crippen LogP contribution < -0.4 is 19.6 Å². The number of methoxy groups -OCH3 is 1. The molecule has 0 radical (unpaired) electrons. The number of esters is 1. The van der Waals surface area contributed by atoms with Gasteiger partial charge in [-0.3, -0.25) is 9.36 Å². The highest BCUT2D eigenvalue weighted by Gasteiger charge is 2.35. The summed E-state index contributed by atoms with van der Waals surface area (Å²) in [6.07, 6.45) is 1.25. The van der Waals surface area contributed by atoms with Crippen molar-refractivity contribution < 1.29 is 28.6 Å². The normalized spacial score (nSPS) is 15.1. The smallest absolute Gasteiger partial charge is 0.338 e. The van der Waals surface area contributed by atoms with Gasteiger partial charge in [0.05, 0.1) is 34.6 Å². The number of carboxylic acids is 1. The van der Waals surface area contributed by atoms with Gasteiger partial charge in [-0.05, 0) is 63.2 Å². The summed E-state index contributed by atoms with van der Waals surface area (Å²) >= 11 is 4.68. The van der Waals surface area contributed by atoms with E-state index in [4.69, 9.17) is 19.0 Å². The highest BCUT2D eigenvalue weighted by molar-refractivity contribution is 9.10. The number of hydrogen-bond acceptors (Lipinski definition) is 8. The predicted molar refractivity (Wildman–Crippen MR) is 157 cm³/mol. The first-order valence-corrected chi connectivity index (χ1v) is 14.2. The molecule has 0 spiro atoms. The zero-order chi connectivity index (χ0) is 29.4. The highest BCUT2D eigenvalue weighted by Crippen LogP contribution is 2.37. The number of thiazole rings is 1. The van der Waals surface area contributed by atoms with Crippen molar-refractivity contribution in [3.05, 3.63) is 107 Å². The fourth-order valence-corrected chi connectivity index (χ4v) is 5.97. The van der Waals surface area contributed by atoms with Crippen LogP contribution in [0, 0.1) is 0 Å². The molecule has 1 atom stereocenters. The molecule has 11 heteroatoms. The van der Waals surface area contributed by atoms with Gasteiger partial charge < -0.3 is 19.0 Å². The summed E-state index contributed by atoms with van der Waals surface area (Å²) in [6, 6.07) is 14.3. The zero-order valence-corrected chi connectivity index (χ0v) is 24.9. The molecule has 0 saturated carbocycles. The second kappa shape index (κ2) is 11.3. The number of carbonyl (C=O) groups excluding carboxylic acids is 1. The summed E-state index contributed by atoms with van der Waals surface area (Å²) in [5, 5.41) is 9.14. The molecule has 0 amide bonds. The zero-order valence-electron chi connectivity index (χ0n) is 22.5. The van der Waals surface area contributed by atoms with Crippen molar-refractivity contribution in [2.24, 2.45) is 4.99 Å². The van der Waals surface area contributed by atoms with Crippen LogP contribution in [-0.2, 0) is 9.53 Å². The van der Waals surface area contributed by atoms with Gasteiger partial charge in [0, 0.05) is 21.7 Å². The van der Waals surface area contributed by atoms with E-state index in [1.807, 2.05) is 12.1 Å². The van der Waals surface area contributed by atoms with E-state index in [0.29, 0.717) is 43.4 Å². The number of carboxylic acid groups (broad SMARTS) is 1. The Morgan fingerprint density at radius 2 is 1.88 bits per heavy atom. The van der Waals surface area contributed by atoms with Crippen molar-refractivity contribution in [3.8, 4) is 17.1 Å². The molecule has 2 aromatic heterocycles. The number of halogens is 1. The lowest BCUT2D eigenvalue weighted by Crippen LogP contribution is -2.40. The third-order valence-electron chi connectivity index (χ3n) is 6.39. The van der Waals surface area contributed by atoms with Crippen LogP contribution in [0.25, 0.3) is 17.4 Å². The number of benzene rings is 2. The van der Waals surface area contributed by atoms with Crippen LogP contribution >= 0.6 is 27.3 Å². The van der Waals surface area contributed by atoms with Gasteiger partial charge in [-0.2, -0.15) is 0 Å². The lowest BCUT2D eigenvalue weighted by atomic mass is 9.95. The first-order chi connectivity index (χ1) is 19.6. The van der Waals surface area contributed by atoms with E-state index < -0.39 is 18.0 Å². The van der Waals surface area contributed by atoms with Gasteiger partial charge >= 0.3 is 11.9 Å². The summed E-state index contributed by atoms with van der Waals surface area (Å²) in [5.74, 6) is -0.123. The van der Waals surface area contributed by atoms with Gasteiger partial charge in [0.2, 0.25) is 0 Å². The highest BCUT2D eigenvalue weighted by atomic mass is 79.9. The molecule has 1 N–H and O–H groups in total. The lowest BCUT2D eigenvalue weighted by molar-refractivity contribution is -0.143. The number of rotatable bonds is 7. The van der Waals surface area contributed by atoms with Crippen molar-refractivity contribution in [1.82, 2.24) is 4.57 Å². The largest absolute Gasteiger partial charge is 0.496 e. The molecular formula is C30H25BrN2O7S. The Hall–Kier alpha value is -4.22. The summed E-state index contributed by atoms with van der Waals surface area (Å²) in [7, 11) is 1.53. The Balaban J connectivity index is 1.64. The number of nitrogens with zero attached hydrogens (tertiary/aromatic N) is 2. The maximum Gasteiger partial charge on any atom is 0.338 e. The fourth-order valence-electron chi connectivity index (χ4n) is 4.57. The van der Waals surface area contributed by atoms with E-state index in [1.54, 1.807) is 57.2 Å². The maximum absolute atomic E-state index is 13.9. The SMILES string of the molecule is COc1ccc(Br)cc1[C@H]1C(C(=O)OC(C)C)=C(C)N=c2s/c(=C\c3ccc(-c4ccc(C(=O)O)cc4)o3)c(=O)n21. The molecule has 4 aromatic rings. The van der Waals surface area contributed by atoms with E-state index in [2.05, 4.69) is 20.9 Å². The second-order valence-corrected chi connectivity index (χ2v) is 11.4. The molecule has 41 heavy (non-hydrogen) atoms. The average molecular weight is 638 g/mol. The summed E-state index contributed by atoms with van der Waals surface area (Å²) in [4.78, 5) is 43.5. The summed E-state index contributed by atoms with van der Waals surface area (Å²) in [5.41, 5.74) is 1.81. The Morgan fingerprint density at radius 3 is 2.54 bits per heavy atom. The van der Waals surface area contributed by atoms with E-state index in [1.165, 1.54) is 35.1 Å². The number of ether oxygens (including phenoxy) is 2. The quantitative estimate of drug-likeness (QED) is 0.286. The van der Waals surface area contributed by atoms with Crippen LogP contribution in [0.1, 0.15) is 48.5 Å². The first-order valence-electron chi connectivity index (χ1n) is 12.6. The molecule has 3 heterocycles. The lowest BCUT2D eigenvalue weighted by Gasteiger charge is -2.26. The van der Waals surface area contributed by atoms with Crippen LogP contribution in [0.15, 0.2) is 84.5 Å². The fraction of sp³-hybridized carbons (Fsp3) is 0.200. The molecule has 0 saturated heterocycles. The first kappa shape index (κ1) is 28.3. The topological polar surface area (TPSA) is 120 Å². The van der Waals surface area contributed by atoms with E-state index in [9.17, 15) is 14.4 Å². The van der Waals surface area contributed by atoms with Crippen LogP contribution in [0.5, 0.6) is 5.75 Å². The van der Waals surface area contributed by atoms with E-state index in [-0.39, 0.29) is 22.8 Å². The van der Waals surface area contributed by atoms with Crippen LogP contribution in [0.4, 0.5) is 0 Å². The molecule has 1 aliphatic rings. The van der Waals surface area contributed by atoms with Crippen molar-refractivity contribution in [3.63, 3.8) is 0 Å². The Kier molecular flexibility index (Phi) is 7.83. The monoisotopic (exact) mass is 636 g/mol. The van der Waals surface area contributed by atoms with Crippen LogP contribution in [0.2, 0.25) is 0 Å². The molecule has 0 fully saturated rings. The summed E-state index contributed by atoms with van der Waals surface area (Å²) in [6.45, 7) is 5.24. The van der Waals surface area contributed by atoms with Crippen LogP contribution in [0.3, 0.4) is 0 Å². The van der Waals surface area contributed by atoms with Gasteiger partial charge in [0.15, 0.2) is 4.80 Å². The number of aromatic nitrogens is 1. The van der Waals surface area contributed by atoms with Crippen molar-refractivity contribution in [2.45, 2.75) is 32.9 Å². The molecule has 2 aromatic carbocycles. The van der Waals surface area contributed by atoms with Crippen molar-refractivity contribution in [1.29, 1.82) is 0 Å². The van der Waals surface area contributed by atoms with Crippen molar-refractivity contribution >= 4 is 45.3 Å². The second-order valence-electron chi connectivity index (χ2n) is 9.51.